The predicted molar refractivity (Wildman–Crippen MR) is 94.1 cm³/mol. The van der Waals surface area contributed by atoms with Gasteiger partial charge in [0.15, 0.2) is 0 Å². The third-order valence-corrected chi connectivity index (χ3v) is 3.68. The van der Waals surface area contributed by atoms with Crippen LogP contribution < -0.4 is 10.1 Å². The smallest absolute Gasteiger partial charge is 0.326 e. The number of halogens is 1. The molecule has 1 amide bonds. The predicted octanol–water partition coefficient (Wildman–Crippen LogP) is 3.76. The first kappa shape index (κ1) is 18.7. The van der Waals surface area contributed by atoms with Crippen molar-refractivity contribution in [1.82, 2.24) is 10.3 Å². The Labute approximate surface area is 150 Å². The number of aliphatic carboxylic acids is 1. The summed E-state index contributed by atoms with van der Waals surface area (Å²) in [7, 11) is 0. The van der Waals surface area contributed by atoms with Crippen molar-refractivity contribution >= 4 is 23.5 Å². The second-order valence-electron chi connectivity index (χ2n) is 5.92. The standard InChI is InChI=1S/C18H19ClN2O4/c1-11(2)9-15(18(23)24)21-17(22)12-3-4-16(14(19)10-12)25-13-5-7-20-8-6-13/h3-8,10-11,15H,9H2,1-2H3,(H,21,22)(H,23,24). The van der Waals surface area contributed by atoms with Crippen LogP contribution in [0.15, 0.2) is 42.7 Å². The highest BCUT2D eigenvalue weighted by atomic mass is 35.5. The molecule has 2 N–H and O–H groups in total. The van der Waals surface area contributed by atoms with Crippen LogP contribution in [0.4, 0.5) is 0 Å². The summed E-state index contributed by atoms with van der Waals surface area (Å²) in [6.45, 7) is 3.79. The Kier molecular flexibility index (Phi) is 6.36. The molecule has 0 saturated heterocycles. The SMILES string of the molecule is CC(C)CC(NC(=O)c1ccc(Oc2ccncc2)c(Cl)c1)C(=O)O. The Balaban J connectivity index is 2.10. The van der Waals surface area contributed by atoms with Crippen LogP contribution in [0.5, 0.6) is 11.5 Å². The van der Waals surface area contributed by atoms with Crippen LogP contribution in [0.1, 0.15) is 30.6 Å². The molecule has 2 rings (SSSR count). The van der Waals surface area contributed by atoms with Crippen LogP contribution in [-0.4, -0.2) is 28.0 Å². The average molecular weight is 363 g/mol. The van der Waals surface area contributed by atoms with Gasteiger partial charge >= 0.3 is 5.97 Å². The highest BCUT2D eigenvalue weighted by Crippen LogP contribution is 2.29. The maximum absolute atomic E-state index is 12.3. The number of carboxylic acids is 1. The lowest BCUT2D eigenvalue weighted by Crippen LogP contribution is -2.41. The molecule has 1 aromatic carbocycles. The van der Waals surface area contributed by atoms with Crippen molar-refractivity contribution in [3.63, 3.8) is 0 Å². The summed E-state index contributed by atoms with van der Waals surface area (Å²) in [5, 5.41) is 12.0. The van der Waals surface area contributed by atoms with Gasteiger partial charge in [-0.15, -0.1) is 0 Å². The zero-order valence-electron chi connectivity index (χ0n) is 13.9. The third-order valence-electron chi connectivity index (χ3n) is 3.38. The Morgan fingerprint density at radius 1 is 1.24 bits per heavy atom. The summed E-state index contributed by atoms with van der Waals surface area (Å²) in [6.07, 6.45) is 3.52. The summed E-state index contributed by atoms with van der Waals surface area (Å²) in [5.41, 5.74) is 0.266. The molecular weight excluding hydrogens is 344 g/mol. The molecule has 0 bridgehead atoms. The van der Waals surface area contributed by atoms with Crippen molar-refractivity contribution in [2.24, 2.45) is 5.92 Å². The largest absolute Gasteiger partial charge is 0.480 e. The quantitative estimate of drug-likeness (QED) is 0.782. The van der Waals surface area contributed by atoms with Crippen LogP contribution in [-0.2, 0) is 4.79 Å². The molecule has 1 unspecified atom stereocenters. The molecule has 0 fully saturated rings. The topological polar surface area (TPSA) is 88.5 Å². The highest BCUT2D eigenvalue weighted by Gasteiger charge is 2.22. The molecule has 1 aromatic heterocycles. The minimum atomic E-state index is -1.06. The molecule has 0 spiro atoms. The van der Waals surface area contributed by atoms with Gasteiger partial charge < -0.3 is 15.2 Å². The fourth-order valence-corrected chi connectivity index (χ4v) is 2.41. The molecule has 132 valence electrons. The van der Waals surface area contributed by atoms with Gasteiger partial charge in [0.2, 0.25) is 0 Å². The zero-order chi connectivity index (χ0) is 18.4. The van der Waals surface area contributed by atoms with Crippen molar-refractivity contribution in [2.75, 3.05) is 0 Å². The molecule has 6 nitrogen and oxygen atoms in total. The van der Waals surface area contributed by atoms with Gasteiger partial charge in [-0.25, -0.2) is 4.79 Å². The normalized spacial score (nSPS) is 11.8. The maximum Gasteiger partial charge on any atom is 0.326 e. The number of aromatic nitrogens is 1. The number of nitrogens with one attached hydrogen (secondary N) is 1. The number of rotatable bonds is 7. The summed E-state index contributed by atoms with van der Waals surface area (Å²) in [4.78, 5) is 27.4. The molecule has 1 atom stereocenters. The molecular formula is C18H19ClN2O4. The summed E-state index contributed by atoms with van der Waals surface area (Å²) < 4.78 is 5.62. The molecule has 0 aliphatic carbocycles. The van der Waals surface area contributed by atoms with E-state index in [4.69, 9.17) is 16.3 Å². The van der Waals surface area contributed by atoms with E-state index < -0.39 is 17.9 Å². The van der Waals surface area contributed by atoms with E-state index in [9.17, 15) is 14.7 Å². The van der Waals surface area contributed by atoms with Gasteiger partial charge in [0.1, 0.15) is 17.5 Å². The molecule has 0 radical (unpaired) electrons. The van der Waals surface area contributed by atoms with Crippen LogP contribution in [0, 0.1) is 5.92 Å². The lowest BCUT2D eigenvalue weighted by molar-refractivity contribution is -0.139. The van der Waals surface area contributed by atoms with Crippen molar-refractivity contribution in [2.45, 2.75) is 26.3 Å². The van der Waals surface area contributed by atoms with Gasteiger partial charge in [0.05, 0.1) is 5.02 Å². The zero-order valence-corrected chi connectivity index (χ0v) is 14.7. The van der Waals surface area contributed by atoms with Gasteiger partial charge in [-0.05, 0) is 42.7 Å². The van der Waals surface area contributed by atoms with E-state index in [2.05, 4.69) is 10.3 Å². The lowest BCUT2D eigenvalue weighted by Gasteiger charge is -2.17. The van der Waals surface area contributed by atoms with Gasteiger partial charge in [0.25, 0.3) is 5.91 Å². The highest BCUT2D eigenvalue weighted by molar-refractivity contribution is 6.32. The number of ether oxygens (including phenoxy) is 1. The minimum absolute atomic E-state index is 0.140. The Morgan fingerprint density at radius 3 is 2.48 bits per heavy atom. The minimum Gasteiger partial charge on any atom is -0.480 e. The number of carboxylic acid groups (broad SMARTS) is 1. The number of benzene rings is 1. The molecule has 0 aliphatic heterocycles. The average Bonchev–Trinajstić information content (AvgIpc) is 2.56. The van der Waals surface area contributed by atoms with E-state index in [-0.39, 0.29) is 16.5 Å². The number of hydrogen-bond acceptors (Lipinski definition) is 4. The second kappa shape index (κ2) is 8.48. The number of carbonyl (C=O) groups excluding carboxylic acids is 1. The van der Waals surface area contributed by atoms with Crippen molar-refractivity contribution in [3.8, 4) is 11.5 Å². The Hall–Kier alpha value is -2.60. The van der Waals surface area contributed by atoms with E-state index in [1.54, 1.807) is 30.6 Å². The Morgan fingerprint density at radius 2 is 1.92 bits per heavy atom. The number of nitrogens with zero attached hydrogens (tertiary/aromatic N) is 1. The van der Waals surface area contributed by atoms with E-state index >= 15 is 0 Å². The monoisotopic (exact) mass is 362 g/mol. The maximum atomic E-state index is 12.3. The van der Waals surface area contributed by atoms with E-state index in [0.717, 1.165) is 0 Å². The fourth-order valence-electron chi connectivity index (χ4n) is 2.19. The van der Waals surface area contributed by atoms with Crippen molar-refractivity contribution < 1.29 is 19.4 Å². The van der Waals surface area contributed by atoms with Gasteiger partial charge in [0, 0.05) is 18.0 Å². The van der Waals surface area contributed by atoms with Crippen molar-refractivity contribution in [1.29, 1.82) is 0 Å². The first-order valence-corrected chi connectivity index (χ1v) is 8.15. The fraction of sp³-hybridized carbons (Fsp3) is 0.278. The molecule has 25 heavy (non-hydrogen) atoms. The van der Waals surface area contributed by atoms with E-state index in [0.29, 0.717) is 17.9 Å². The second-order valence-corrected chi connectivity index (χ2v) is 6.33. The third kappa shape index (κ3) is 5.46. The van der Waals surface area contributed by atoms with Crippen molar-refractivity contribution in [3.05, 3.63) is 53.3 Å². The lowest BCUT2D eigenvalue weighted by atomic mass is 10.0. The molecule has 1 heterocycles. The first-order valence-electron chi connectivity index (χ1n) is 7.78. The molecule has 0 aliphatic rings. The van der Waals surface area contributed by atoms with Gasteiger partial charge in [-0.1, -0.05) is 25.4 Å². The number of amides is 1. The number of hydrogen-bond donors (Lipinski definition) is 2. The van der Waals surface area contributed by atoms with Gasteiger partial charge in [-0.2, -0.15) is 0 Å². The molecule has 7 heteroatoms. The summed E-state index contributed by atoms with van der Waals surface area (Å²) >= 11 is 6.17. The number of carbonyl (C=O) groups is 2. The summed E-state index contributed by atoms with van der Waals surface area (Å²) in [6, 6.07) is 6.96. The van der Waals surface area contributed by atoms with Crippen LogP contribution in [0.2, 0.25) is 5.02 Å². The summed E-state index contributed by atoms with van der Waals surface area (Å²) in [5.74, 6) is -0.462. The molecule has 0 saturated carbocycles. The van der Waals surface area contributed by atoms with Crippen LogP contribution in [0.3, 0.4) is 0 Å². The number of pyridine rings is 1. The van der Waals surface area contributed by atoms with Crippen LogP contribution in [0.25, 0.3) is 0 Å². The Bertz CT molecular complexity index is 750. The van der Waals surface area contributed by atoms with E-state index in [1.807, 2.05) is 13.8 Å². The van der Waals surface area contributed by atoms with Gasteiger partial charge in [-0.3, -0.25) is 9.78 Å². The van der Waals surface area contributed by atoms with E-state index in [1.165, 1.54) is 12.1 Å². The first-order chi connectivity index (χ1) is 11.9. The molecule has 2 aromatic rings. The van der Waals surface area contributed by atoms with Crippen LogP contribution >= 0.6 is 11.6 Å².